The Balaban J connectivity index is 1.36. The van der Waals surface area contributed by atoms with Crippen LogP contribution < -0.4 is 4.74 Å². The van der Waals surface area contributed by atoms with E-state index in [4.69, 9.17) is 4.52 Å². The molecule has 2 atom stereocenters. The average molecular weight is 499 g/mol. The molecule has 1 aliphatic carbocycles. The Bertz CT molecular complexity index is 1050. The van der Waals surface area contributed by atoms with Crippen molar-refractivity contribution in [3.05, 3.63) is 41.5 Å². The first-order chi connectivity index (χ1) is 16.2. The third-order valence-electron chi connectivity index (χ3n) is 6.50. The third kappa shape index (κ3) is 5.37. The molecule has 2 saturated heterocycles. The molecular weight excluding hydrogens is 473 g/mol. The molecule has 3 heterocycles. The highest BCUT2D eigenvalue weighted by Crippen LogP contribution is 2.41. The SMILES string of the molecule is O=C(N1CCS(=O)CC1)N1CC(c2ccc(OC(F)(F)F)cc2)CC(c2nc(C3CC3)no2)C1. The zero-order chi connectivity index (χ0) is 23.9. The Morgan fingerprint density at radius 3 is 2.35 bits per heavy atom. The second kappa shape index (κ2) is 9.20. The highest BCUT2D eigenvalue weighted by atomic mass is 32.2. The summed E-state index contributed by atoms with van der Waals surface area (Å²) in [5, 5.41) is 4.11. The van der Waals surface area contributed by atoms with Gasteiger partial charge in [0.05, 0.1) is 5.92 Å². The molecule has 12 heteroatoms. The van der Waals surface area contributed by atoms with Crippen molar-refractivity contribution in [3.63, 3.8) is 0 Å². The molecule has 2 amide bonds. The number of benzene rings is 1. The first-order valence-electron chi connectivity index (χ1n) is 11.3. The zero-order valence-electron chi connectivity index (χ0n) is 18.4. The molecule has 34 heavy (non-hydrogen) atoms. The van der Waals surface area contributed by atoms with Crippen LogP contribution in [0, 0.1) is 0 Å². The van der Waals surface area contributed by atoms with Crippen LogP contribution >= 0.6 is 0 Å². The minimum absolute atomic E-state index is 0.127. The number of rotatable bonds is 4. The van der Waals surface area contributed by atoms with Gasteiger partial charge in [0, 0.05) is 60.3 Å². The quantitative estimate of drug-likeness (QED) is 0.640. The summed E-state index contributed by atoms with van der Waals surface area (Å²) in [4.78, 5) is 21.3. The Morgan fingerprint density at radius 1 is 1.03 bits per heavy atom. The summed E-state index contributed by atoms with van der Waals surface area (Å²) in [6.45, 7) is 1.70. The first kappa shape index (κ1) is 23.1. The van der Waals surface area contributed by atoms with Gasteiger partial charge in [-0.3, -0.25) is 4.21 Å². The molecule has 0 N–H and O–H groups in total. The number of carbonyl (C=O) groups excluding carboxylic acids is 1. The number of urea groups is 1. The lowest BCUT2D eigenvalue weighted by atomic mass is 9.84. The Hall–Kier alpha value is -2.63. The first-order valence-corrected chi connectivity index (χ1v) is 12.8. The molecule has 1 aromatic heterocycles. The molecule has 0 radical (unpaired) electrons. The number of hydrogen-bond acceptors (Lipinski definition) is 6. The van der Waals surface area contributed by atoms with Crippen LogP contribution in [0.1, 0.15) is 54.3 Å². The molecule has 0 bridgehead atoms. The highest BCUT2D eigenvalue weighted by molar-refractivity contribution is 7.85. The summed E-state index contributed by atoms with van der Waals surface area (Å²) in [6, 6.07) is 5.65. The van der Waals surface area contributed by atoms with E-state index in [1.54, 1.807) is 21.9 Å². The fourth-order valence-corrected chi connectivity index (χ4v) is 5.62. The van der Waals surface area contributed by atoms with Gasteiger partial charge in [-0.2, -0.15) is 4.98 Å². The number of hydrogen-bond donors (Lipinski definition) is 0. The van der Waals surface area contributed by atoms with E-state index in [-0.39, 0.29) is 23.6 Å². The van der Waals surface area contributed by atoms with Crippen LogP contribution in [-0.4, -0.2) is 74.2 Å². The van der Waals surface area contributed by atoms with Gasteiger partial charge < -0.3 is 19.1 Å². The largest absolute Gasteiger partial charge is 0.573 e. The van der Waals surface area contributed by atoms with E-state index in [2.05, 4.69) is 14.9 Å². The van der Waals surface area contributed by atoms with Crippen LogP contribution in [0.2, 0.25) is 0 Å². The van der Waals surface area contributed by atoms with Gasteiger partial charge in [0.25, 0.3) is 0 Å². The van der Waals surface area contributed by atoms with Gasteiger partial charge in [0.2, 0.25) is 5.89 Å². The minimum atomic E-state index is -4.75. The van der Waals surface area contributed by atoms with Crippen molar-refractivity contribution in [1.29, 1.82) is 0 Å². The zero-order valence-corrected chi connectivity index (χ0v) is 19.2. The number of alkyl halides is 3. The lowest BCUT2D eigenvalue weighted by molar-refractivity contribution is -0.274. The predicted octanol–water partition coefficient (Wildman–Crippen LogP) is 3.60. The molecular formula is C22H25F3N4O4S. The Labute approximate surface area is 196 Å². The summed E-state index contributed by atoms with van der Waals surface area (Å²) in [6.07, 6.45) is -2.05. The number of likely N-dealkylation sites (tertiary alicyclic amines) is 1. The summed E-state index contributed by atoms with van der Waals surface area (Å²) < 4.78 is 58.8. The van der Waals surface area contributed by atoms with Gasteiger partial charge in [-0.15, -0.1) is 13.2 Å². The molecule has 2 unspecified atom stereocenters. The third-order valence-corrected chi connectivity index (χ3v) is 7.78. The smallest absolute Gasteiger partial charge is 0.406 e. The normalized spacial score (nSPS) is 24.3. The van der Waals surface area contributed by atoms with Crippen LogP contribution in [0.3, 0.4) is 0 Å². The molecule has 1 aromatic carbocycles. The van der Waals surface area contributed by atoms with Crippen molar-refractivity contribution in [2.75, 3.05) is 37.7 Å². The maximum atomic E-state index is 13.3. The van der Waals surface area contributed by atoms with E-state index in [1.165, 1.54) is 12.1 Å². The van der Waals surface area contributed by atoms with Gasteiger partial charge in [-0.1, -0.05) is 17.3 Å². The summed E-state index contributed by atoms with van der Waals surface area (Å²) in [7, 11) is -0.899. The van der Waals surface area contributed by atoms with Gasteiger partial charge in [0.1, 0.15) is 5.75 Å². The maximum absolute atomic E-state index is 13.3. The number of carbonyl (C=O) groups is 1. The summed E-state index contributed by atoms with van der Waals surface area (Å²) >= 11 is 0. The minimum Gasteiger partial charge on any atom is -0.406 e. The molecule has 8 nitrogen and oxygen atoms in total. The number of piperidine rings is 1. The molecule has 184 valence electrons. The maximum Gasteiger partial charge on any atom is 0.573 e. The molecule has 5 rings (SSSR count). The van der Waals surface area contributed by atoms with E-state index in [0.717, 1.165) is 18.4 Å². The average Bonchev–Trinajstić information content (AvgIpc) is 3.54. The second-order valence-electron chi connectivity index (χ2n) is 9.03. The van der Waals surface area contributed by atoms with Gasteiger partial charge in [-0.25, -0.2) is 4.79 Å². The molecule has 1 saturated carbocycles. The molecule has 0 spiro atoms. The number of halogens is 3. The Morgan fingerprint density at radius 2 is 1.71 bits per heavy atom. The number of aromatic nitrogens is 2. The van der Waals surface area contributed by atoms with Crippen molar-refractivity contribution in [2.45, 2.75) is 43.4 Å². The van der Waals surface area contributed by atoms with E-state index < -0.39 is 17.2 Å². The van der Waals surface area contributed by atoms with Crippen molar-refractivity contribution in [3.8, 4) is 5.75 Å². The highest BCUT2D eigenvalue weighted by Gasteiger charge is 2.38. The number of ether oxygens (including phenoxy) is 1. The summed E-state index contributed by atoms with van der Waals surface area (Å²) in [5.74, 6) is 1.84. The van der Waals surface area contributed by atoms with Crippen LogP contribution in [-0.2, 0) is 10.8 Å². The lowest BCUT2D eigenvalue weighted by Crippen LogP contribution is -2.52. The van der Waals surface area contributed by atoms with Crippen molar-refractivity contribution in [1.82, 2.24) is 19.9 Å². The van der Waals surface area contributed by atoms with Gasteiger partial charge >= 0.3 is 12.4 Å². The Kier molecular flexibility index (Phi) is 6.26. The van der Waals surface area contributed by atoms with Gasteiger partial charge in [0.15, 0.2) is 5.82 Å². The van der Waals surface area contributed by atoms with Gasteiger partial charge in [-0.05, 0) is 37.0 Å². The topological polar surface area (TPSA) is 88.8 Å². The van der Waals surface area contributed by atoms with Crippen molar-refractivity contribution >= 4 is 16.8 Å². The number of nitrogens with zero attached hydrogens (tertiary/aromatic N) is 4. The molecule has 3 fully saturated rings. The fourth-order valence-electron chi connectivity index (χ4n) is 4.57. The standard InChI is InChI=1S/C22H25F3N4O4S/c23-22(24,25)32-18-5-3-14(4-6-18)16-11-17(20-26-19(27-33-20)15-1-2-15)13-29(12-16)21(30)28-7-9-34(31)10-8-28/h3-6,15-17H,1-2,7-13H2. The van der Waals surface area contributed by atoms with Crippen LogP contribution in [0.15, 0.2) is 28.8 Å². The lowest BCUT2D eigenvalue weighted by Gasteiger charge is -2.40. The van der Waals surface area contributed by atoms with Crippen molar-refractivity contribution in [2.24, 2.45) is 0 Å². The van der Waals surface area contributed by atoms with Crippen molar-refractivity contribution < 1.29 is 31.4 Å². The van der Waals surface area contributed by atoms with Crippen LogP contribution in [0.25, 0.3) is 0 Å². The van der Waals surface area contributed by atoms with Crippen LogP contribution in [0.4, 0.5) is 18.0 Å². The summed E-state index contributed by atoms with van der Waals surface area (Å²) in [5.41, 5.74) is 0.804. The van der Waals surface area contributed by atoms with E-state index >= 15 is 0 Å². The van der Waals surface area contributed by atoms with E-state index in [9.17, 15) is 22.2 Å². The molecule has 2 aromatic rings. The predicted molar refractivity (Wildman–Crippen MR) is 116 cm³/mol. The second-order valence-corrected chi connectivity index (χ2v) is 10.7. The fraction of sp³-hybridized carbons (Fsp3) is 0.591. The monoisotopic (exact) mass is 498 g/mol. The van der Waals surface area contributed by atoms with E-state index in [0.29, 0.717) is 61.7 Å². The van der Waals surface area contributed by atoms with Crippen LogP contribution in [0.5, 0.6) is 5.75 Å². The number of amides is 2. The molecule has 3 aliphatic rings. The van der Waals surface area contributed by atoms with E-state index in [1.807, 2.05) is 0 Å². The molecule has 2 aliphatic heterocycles.